The van der Waals surface area contributed by atoms with Crippen LogP contribution in [0, 0.1) is 0 Å². The van der Waals surface area contributed by atoms with E-state index in [1.165, 1.54) is 0 Å². The third kappa shape index (κ3) is 4.55. The lowest BCUT2D eigenvalue weighted by atomic mass is 10.2. The van der Waals surface area contributed by atoms with E-state index in [-0.39, 0.29) is 6.61 Å². The van der Waals surface area contributed by atoms with Crippen LogP contribution in [0.25, 0.3) is 0 Å². The van der Waals surface area contributed by atoms with Gasteiger partial charge < -0.3 is 4.52 Å². The topological polar surface area (TPSA) is 61.8 Å². The fraction of sp³-hybridized carbons (Fsp3) is 0.0769. The third-order valence-corrected chi connectivity index (χ3v) is 4.27. The summed E-state index contributed by atoms with van der Waals surface area (Å²) in [6.45, 7) is 0.0282. The molecule has 0 aliphatic rings. The molecule has 0 saturated heterocycles. The molecule has 0 aromatic heterocycles. The average Bonchev–Trinajstić information content (AvgIpc) is 2.48. The molecule has 104 valence electrons. The van der Waals surface area contributed by atoms with Crippen molar-refractivity contribution in [1.82, 2.24) is 0 Å². The monoisotopic (exact) mass is 310 g/mol. The Morgan fingerprint density at radius 1 is 0.950 bits per heavy atom. The molecule has 0 aliphatic heterocycles. The van der Waals surface area contributed by atoms with Crippen LogP contribution in [0.3, 0.4) is 0 Å². The fourth-order valence-corrected chi connectivity index (χ4v) is 2.83. The lowest BCUT2D eigenvalue weighted by molar-refractivity contribution is 0.206. The summed E-state index contributed by atoms with van der Waals surface area (Å²) in [6, 6.07) is 17.5. The highest BCUT2D eigenvalue weighted by atomic mass is 31.2. The van der Waals surface area contributed by atoms with Gasteiger partial charge in [-0.2, -0.15) is 4.31 Å². The standard InChI is InChI=1S/C13H12O5P2/c14-19-18-20(15,17-13-9-5-2-6-10-13)16-11-12-7-3-1-4-8-12/h1-10H,11H2. The van der Waals surface area contributed by atoms with Crippen molar-refractivity contribution in [2.45, 2.75) is 6.61 Å². The normalized spacial score (nSPS) is 13.8. The Kier molecular flexibility index (Phi) is 5.45. The van der Waals surface area contributed by atoms with E-state index >= 15 is 0 Å². The van der Waals surface area contributed by atoms with Gasteiger partial charge in [-0.15, -0.1) is 0 Å². The molecule has 0 bridgehead atoms. The van der Waals surface area contributed by atoms with Gasteiger partial charge >= 0.3 is 16.5 Å². The number of phosphoric ester groups is 1. The molecule has 5 nitrogen and oxygen atoms in total. The average molecular weight is 310 g/mol. The Morgan fingerprint density at radius 2 is 1.55 bits per heavy atom. The van der Waals surface area contributed by atoms with E-state index in [1.54, 1.807) is 30.3 Å². The molecular weight excluding hydrogens is 298 g/mol. The second-order valence-corrected chi connectivity index (χ2v) is 5.90. The molecule has 7 heteroatoms. The molecule has 0 heterocycles. The van der Waals surface area contributed by atoms with Gasteiger partial charge in [0.05, 0.1) is 6.61 Å². The van der Waals surface area contributed by atoms with Gasteiger partial charge in [-0.05, 0) is 17.7 Å². The molecule has 1 atom stereocenters. The van der Waals surface area contributed by atoms with Gasteiger partial charge in [0.25, 0.3) is 0 Å². The highest BCUT2D eigenvalue weighted by Crippen LogP contribution is 2.52. The molecule has 0 N–H and O–H groups in total. The summed E-state index contributed by atoms with van der Waals surface area (Å²) in [7, 11) is -4.70. The van der Waals surface area contributed by atoms with Crippen molar-refractivity contribution in [2.24, 2.45) is 0 Å². The molecule has 0 fully saturated rings. The number of para-hydroxylation sites is 1. The van der Waals surface area contributed by atoms with Crippen LogP contribution in [0.15, 0.2) is 60.7 Å². The van der Waals surface area contributed by atoms with Crippen LogP contribution < -0.4 is 4.52 Å². The first-order valence-electron chi connectivity index (χ1n) is 5.76. The van der Waals surface area contributed by atoms with Gasteiger partial charge in [0, 0.05) is 0 Å². The van der Waals surface area contributed by atoms with E-state index in [1.807, 2.05) is 30.3 Å². The van der Waals surface area contributed by atoms with Crippen LogP contribution in [0.4, 0.5) is 0 Å². The lowest BCUT2D eigenvalue weighted by Crippen LogP contribution is -1.99. The molecule has 0 aliphatic carbocycles. The van der Waals surface area contributed by atoms with Gasteiger partial charge in [-0.25, -0.2) is 9.13 Å². The molecule has 0 spiro atoms. The first-order valence-corrected chi connectivity index (χ1v) is 7.95. The summed E-state index contributed by atoms with van der Waals surface area (Å²) in [4.78, 5) is 0. The van der Waals surface area contributed by atoms with Crippen LogP contribution >= 0.6 is 16.5 Å². The maximum atomic E-state index is 12.3. The van der Waals surface area contributed by atoms with Crippen molar-refractivity contribution in [3.05, 3.63) is 66.2 Å². The second-order valence-electron chi connectivity index (χ2n) is 3.77. The maximum Gasteiger partial charge on any atom is 0.541 e. The largest absolute Gasteiger partial charge is 0.541 e. The summed E-state index contributed by atoms with van der Waals surface area (Å²) in [5.74, 6) is 0.313. The Balaban J connectivity index is 2.05. The summed E-state index contributed by atoms with van der Waals surface area (Å²) in [5.41, 5.74) is 0.801. The minimum absolute atomic E-state index is 0.0282. The minimum atomic E-state index is -3.93. The number of phosphoric acid groups is 1. The summed E-state index contributed by atoms with van der Waals surface area (Å²) < 4.78 is 37.8. The maximum absolute atomic E-state index is 12.3. The van der Waals surface area contributed by atoms with Crippen molar-refractivity contribution >= 4 is 16.5 Å². The van der Waals surface area contributed by atoms with Crippen molar-refractivity contribution in [1.29, 1.82) is 0 Å². The molecule has 1 unspecified atom stereocenters. The van der Waals surface area contributed by atoms with E-state index in [2.05, 4.69) is 4.31 Å². The molecule has 0 amide bonds. The molecule has 2 aromatic rings. The Bertz CT molecular complexity index is 588. The van der Waals surface area contributed by atoms with E-state index in [0.717, 1.165) is 5.56 Å². The van der Waals surface area contributed by atoms with Crippen molar-refractivity contribution in [3.63, 3.8) is 0 Å². The van der Waals surface area contributed by atoms with Gasteiger partial charge in [0.15, 0.2) is 0 Å². The van der Waals surface area contributed by atoms with Crippen LogP contribution in [-0.4, -0.2) is 0 Å². The summed E-state index contributed by atoms with van der Waals surface area (Å²) >= 11 is 0. The number of hydrogen-bond acceptors (Lipinski definition) is 5. The molecule has 2 rings (SSSR count). The lowest BCUT2D eigenvalue weighted by Gasteiger charge is -2.15. The number of benzene rings is 2. The zero-order chi connectivity index (χ0) is 14.3. The van der Waals surface area contributed by atoms with Crippen LogP contribution in [-0.2, 0) is 24.6 Å². The van der Waals surface area contributed by atoms with Crippen LogP contribution in [0.2, 0.25) is 0 Å². The van der Waals surface area contributed by atoms with Crippen molar-refractivity contribution < 1.29 is 22.5 Å². The summed E-state index contributed by atoms with van der Waals surface area (Å²) in [5, 5.41) is 0. The summed E-state index contributed by atoms with van der Waals surface area (Å²) in [6.07, 6.45) is 0. The Morgan fingerprint density at radius 3 is 2.15 bits per heavy atom. The fourth-order valence-electron chi connectivity index (χ4n) is 1.45. The molecule has 0 radical (unpaired) electrons. The van der Waals surface area contributed by atoms with E-state index in [9.17, 15) is 9.13 Å². The molecule has 0 saturated carbocycles. The highest BCUT2D eigenvalue weighted by Gasteiger charge is 2.29. The molecule has 2 aromatic carbocycles. The first-order chi connectivity index (χ1) is 9.72. The van der Waals surface area contributed by atoms with Gasteiger partial charge in [-0.1, -0.05) is 48.5 Å². The zero-order valence-electron chi connectivity index (χ0n) is 10.4. The number of hydrogen-bond donors (Lipinski definition) is 0. The minimum Gasteiger partial charge on any atom is -0.404 e. The van der Waals surface area contributed by atoms with Gasteiger partial charge in [0.2, 0.25) is 0 Å². The SMILES string of the molecule is O=POP(=O)(OCc1ccccc1)Oc1ccccc1. The van der Waals surface area contributed by atoms with Crippen molar-refractivity contribution in [2.75, 3.05) is 0 Å². The molecular formula is C13H12O5P2. The predicted molar refractivity (Wildman–Crippen MR) is 74.6 cm³/mol. The van der Waals surface area contributed by atoms with Crippen molar-refractivity contribution in [3.8, 4) is 5.75 Å². The Labute approximate surface area is 118 Å². The highest BCUT2D eigenvalue weighted by molar-refractivity contribution is 7.54. The Hall–Kier alpha value is -1.51. The van der Waals surface area contributed by atoms with Gasteiger partial charge in [-0.3, -0.25) is 4.52 Å². The van der Waals surface area contributed by atoms with Crippen LogP contribution in [0.1, 0.15) is 5.56 Å². The van der Waals surface area contributed by atoms with E-state index < -0.39 is 16.5 Å². The third-order valence-electron chi connectivity index (χ3n) is 2.33. The second kappa shape index (κ2) is 7.32. The number of rotatable bonds is 7. The van der Waals surface area contributed by atoms with Gasteiger partial charge in [0.1, 0.15) is 5.75 Å². The predicted octanol–water partition coefficient (Wildman–Crippen LogP) is 4.61. The smallest absolute Gasteiger partial charge is 0.404 e. The quantitative estimate of drug-likeness (QED) is 0.699. The molecule has 20 heavy (non-hydrogen) atoms. The first kappa shape index (κ1) is 14.9. The zero-order valence-corrected chi connectivity index (χ0v) is 12.2. The van der Waals surface area contributed by atoms with Crippen LogP contribution in [0.5, 0.6) is 5.75 Å². The van der Waals surface area contributed by atoms with E-state index in [0.29, 0.717) is 5.75 Å². The van der Waals surface area contributed by atoms with E-state index in [4.69, 9.17) is 9.05 Å².